The summed E-state index contributed by atoms with van der Waals surface area (Å²) in [5.74, 6) is 1.50. The highest BCUT2D eigenvalue weighted by molar-refractivity contribution is 6.34. The van der Waals surface area contributed by atoms with Gasteiger partial charge in [0.25, 0.3) is 0 Å². The van der Waals surface area contributed by atoms with Gasteiger partial charge < -0.3 is 9.26 Å². The lowest BCUT2D eigenvalue weighted by Crippen LogP contribution is -2.10. The minimum Gasteiger partial charge on any atom is -0.457 e. The minimum absolute atomic E-state index is 0.198. The van der Waals surface area contributed by atoms with Gasteiger partial charge in [-0.25, -0.2) is 0 Å². The van der Waals surface area contributed by atoms with Gasteiger partial charge in [0.1, 0.15) is 17.2 Å². The number of rotatable bonds is 4. The van der Waals surface area contributed by atoms with Crippen molar-refractivity contribution >= 4 is 17.1 Å². The van der Waals surface area contributed by atoms with E-state index in [0.29, 0.717) is 22.8 Å². The Morgan fingerprint density at radius 3 is 2.30 bits per heavy atom. The molecule has 132 valence electrons. The first-order valence-corrected chi connectivity index (χ1v) is 8.39. The Kier molecular flexibility index (Phi) is 4.26. The maximum Gasteiger partial charge on any atom is 0.188 e. The van der Waals surface area contributed by atoms with Crippen LogP contribution in [0.5, 0.6) is 11.5 Å². The lowest BCUT2D eigenvalue weighted by atomic mass is 9.96. The molecule has 0 aliphatic heterocycles. The molecule has 0 saturated carbocycles. The van der Waals surface area contributed by atoms with Crippen molar-refractivity contribution in [3.63, 3.8) is 0 Å². The maximum atomic E-state index is 12.1. The molecule has 0 saturated heterocycles. The third-order valence-electron chi connectivity index (χ3n) is 4.18. The molecule has 0 bridgehead atoms. The first-order chi connectivity index (χ1) is 13.1. The van der Waals surface area contributed by atoms with Crippen molar-refractivity contribution in [3.05, 3.63) is 84.1 Å². The van der Waals surface area contributed by atoms with Gasteiger partial charge in [-0.3, -0.25) is 9.59 Å². The highest BCUT2D eigenvalue weighted by atomic mass is 16.5. The molecule has 0 atom stereocenters. The topological polar surface area (TPSA) is 69.4 Å². The summed E-state index contributed by atoms with van der Waals surface area (Å²) in [5, 5.41) is 3.94. The van der Waals surface area contributed by atoms with Crippen LogP contribution in [0.15, 0.2) is 82.9 Å². The van der Waals surface area contributed by atoms with Gasteiger partial charge in [0, 0.05) is 17.2 Å². The normalized spacial score (nSPS) is 14.0. The molecule has 1 heterocycles. The summed E-state index contributed by atoms with van der Waals surface area (Å²) in [6.45, 7) is 1.61. The number of ether oxygens (including phenoxy) is 1. The van der Waals surface area contributed by atoms with Crippen LogP contribution in [0.2, 0.25) is 0 Å². The first kappa shape index (κ1) is 16.7. The second kappa shape index (κ2) is 6.88. The Balaban J connectivity index is 1.54. The molecule has 5 heteroatoms. The Morgan fingerprint density at radius 1 is 0.852 bits per heavy atom. The third kappa shape index (κ3) is 3.48. The summed E-state index contributed by atoms with van der Waals surface area (Å²) in [6, 6.07) is 18.5. The fourth-order valence-electron chi connectivity index (χ4n) is 2.71. The molecule has 27 heavy (non-hydrogen) atoms. The average molecular weight is 357 g/mol. The molecule has 0 unspecified atom stereocenters. The molecule has 0 fully saturated rings. The summed E-state index contributed by atoms with van der Waals surface area (Å²) in [7, 11) is 0. The molecular formula is C22H15NO4. The smallest absolute Gasteiger partial charge is 0.188 e. The predicted octanol–water partition coefficient (Wildman–Crippen LogP) is 4.62. The van der Waals surface area contributed by atoms with Gasteiger partial charge >= 0.3 is 0 Å². The molecule has 4 rings (SSSR count). The Morgan fingerprint density at radius 2 is 1.56 bits per heavy atom. The SMILES string of the molecule is CC1=CC(=O)C(c2cc(-c3ccc(Oc4ccccc4)cc3)on2)=CC1=O. The van der Waals surface area contributed by atoms with Crippen LogP contribution in [0.1, 0.15) is 12.6 Å². The van der Waals surface area contributed by atoms with Crippen LogP contribution in [0, 0.1) is 0 Å². The molecule has 2 aromatic carbocycles. The van der Waals surface area contributed by atoms with Gasteiger partial charge in [-0.15, -0.1) is 0 Å². The van der Waals surface area contributed by atoms with E-state index in [-0.39, 0.29) is 17.1 Å². The van der Waals surface area contributed by atoms with Gasteiger partial charge in [-0.05, 0) is 55.5 Å². The molecule has 0 N–H and O–H groups in total. The standard InChI is InChI=1S/C22H15NO4/c1-14-11-21(25)18(12-20(14)24)19-13-22(27-23-19)15-7-9-17(10-8-15)26-16-5-3-2-4-6-16/h2-13H,1H3. The van der Waals surface area contributed by atoms with E-state index in [1.165, 1.54) is 12.2 Å². The van der Waals surface area contributed by atoms with Crippen molar-refractivity contribution in [2.24, 2.45) is 0 Å². The van der Waals surface area contributed by atoms with E-state index in [1.54, 1.807) is 13.0 Å². The van der Waals surface area contributed by atoms with E-state index in [9.17, 15) is 9.59 Å². The largest absolute Gasteiger partial charge is 0.457 e. The van der Waals surface area contributed by atoms with Gasteiger partial charge in [-0.1, -0.05) is 23.4 Å². The Labute approximate surface area is 155 Å². The van der Waals surface area contributed by atoms with Crippen molar-refractivity contribution in [1.29, 1.82) is 0 Å². The zero-order valence-corrected chi connectivity index (χ0v) is 14.5. The van der Waals surface area contributed by atoms with Gasteiger partial charge in [0.05, 0.1) is 5.57 Å². The second-order valence-electron chi connectivity index (χ2n) is 6.13. The molecule has 0 radical (unpaired) electrons. The van der Waals surface area contributed by atoms with Crippen LogP contribution >= 0.6 is 0 Å². The molecule has 0 amide bonds. The summed E-state index contributed by atoms with van der Waals surface area (Å²) < 4.78 is 11.1. The fourth-order valence-corrected chi connectivity index (χ4v) is 2.71. The van der Waals surface area contributed by atoms with E-state index in [0.717, 1.165) is 11.3 Å². The van der Waals surface area contributed by atoms with Crippen molar-refractivity contribution in [3.8, 4) is 22.8 Å². The summed E-state index contributed by atoms with van der Waals surface area (Å²) in [6.07, 6.45) is 2.62. The Hall–Kier alpha value is -3.73. The summed E-state index contributed by atoms with van der Waals surface area (Å²) in [4.78, 5) is 23.9. The quantitative estimate of drug-likeness (QED) is 0.638. The lowest BCUT2D eigenvalue weighted by Gasteiger charge is -2.06. The van der Waals surface area contributed by atoms with Crippen molar-refractivity contribution in [2.75, 3.05) is 0 Å². The summed E-state index contributed by atoms with van der Waals surface area (Å²) in [5.41, 5.74) is 1.79. The number of hydrogen-bond acceptors (Lipinski definition) is 5. The highest BCUT2D eigenvalue weighted by Crippen LogP contribution is 2.29. The molecule has 5 nitrogen and oxygen atoms in total. The van der Waals surface area contributed by atoms with Crippen LogP contribution < -0.4 is 4.74 Å². The van der Waals surface area contributed by atoms with E-state index in [2.05, 4.69) is 5.16 Å². The number of carbonyl (C=O) groups is 2. The zero-order chi connectivity index (χ0) is 18.8. The number of hydrogen-bond donors (Lipinski definition) is 0. The molecular weight excluding hydrogens is 342 g/mol. The van der Waals surface area contributed by atoms with E-state index in [4.69, 9.17) is 9.26 Å². The highest BCUT2D eigenvalue weighted by Gasteiger charge is 2.22. The van der Waals surface area contributed by atoms with Crippen LogP contribution in [-0.4, -0.2) is 16.7 Å². The minimum atomic E-state index is -0.251. The zero-order valence-electron chi connectivity index (χ0n) is 14.5. The number of aromatic nitrogens is 1. The van der Waals surface area contributed by atoms with E-state index in [1.807, 2.05) is 54.6 Å². The van der Waals surface area contributed by atoms with Crippen LogP contribution in [0.4, 0.5) is 0 Å². The summed E-state index contributed by atoms with van der Waals surface area (Å²) >= 11 is 0. The second-order valence-corrected chi connectivity index (χ2v) is 6.13. The number of allylic oxidation sites excluding steroid dienone is 4. The molecule has 1 aliphatic carbocycles. The van der Waals surface area contributed by atoms with Gasteiger partial charge in [-0.2, -0.15) is 0 Å². The van der Waals surface area contributed by atoms with E-state index < -0.39 is 0 Å². The van der Waals surface area contributed by atoms with Gasteiger partial charge in [0.15, 0.2) is 17.3 Å². The molecule has 1 aliphatic rings. The number of para-hydroxylation sites is 1. The van der Waals surface area contributed by atoms with E-state index >= 15 is 0 Å². The number of nitrogens with zero attached hydrogens (tertiary/aromatic N) is 1. The number of benzene rings is 2. The number of carbonyl (C=O) groups excluding carboxylic acids is 2. The third-order valence-corrected chi connectivity index (χ3v) is 4.18. The van der Waals surface area contributed by atoms with Gasteiger partial charge in [0.2, 0.25) is 0 Å². The molecule has 0 spiro atoms. The van der Waals surface area contributed by atoms with Crippen LogP contribution in [0.3, 0.4) is 0 Å². The van der Waals surface area contributed by atoms with Crippen molar-refractivity contribution in [1.82, 2.24) is 5.16 Å². The van der Waals surface area contributed by atoms with Crippen molar-refractivity contribution < 1.29 is 18.8 Å². The lowest BCUT2D eigenvalue weighted by molar-refractivity contribution is -0.114. The Bertz CT molecular complexity index is 1070. The molecule has 3 aromatic rings. The maximum absolute atomic E-state index is 12.1. The number of ketones is 2. The van der Waals surface area contributed by atoms with Crippen LogP contribution in [-0.2, 0) is 9.59 Å². The fraction of sp³-hybridized carbons (Fsp3) is 0.0455. The molecule has 1 aromatic heterocycles. The predicted molar refractivity (Wildman–Crippen MR) is 100 cm³/mol. The monoisotopic (exact) mass is 357 g/mol. The average Bonchev–Trinajstić information content (AvgIpc) is 3.16. The van der Waals surface area contributed by atoms with Crippen LogP contribution in [0.25, 0.3) is 16.9 Å². The first-order valence-electron chi connectivity index (χ1n) is 8.39. The van der Waals surface area contributed by atoms with Crippen molar-refractivity contribution in [2.45, 2.75) is 6.92 Å².